The van der Waals surface area contributed by atoms with Crippen molar-refractivity contribution >= 4 is 11.9 Å². The van der Waals surface area contributed by atoms with Gasteiger partial charge in [-0.25, -0.2) is 13.6 Å². The van der Waals surface area contributed by atoms with Crippen molar-refractivity contribution in [2.45, 2.75) is 19.0 Å². The fourth-order valence-corrected chi connectivity index (χ4v) is 3.07. The summed E-state index contributed by atoms with van der Waals surface area (Å²) in [6.45, 7) is 1.59. The Hall–Kier alpha value is -3.16. The van der Waals surface area contributed by atoms with Crippen LogP contribution >= 0.6 is 0 Å². The van der Waals surface area contributed by atoms with E-state index in [0.717, 1.165) is 17.0 Å². The average molecular weight is 360 g/mol. The SMILES string of the molecule is CC1(c2ccc(F)c(F)c2)NC(=O)N(Cc2ccc3c(c2)OCO3)C1=O. The molecule has 2 aromatic carbocycles. The van der Waals surface area contributed by atoms with Gasteiger partial charge in [-0.2, -0.15) is 0 Å². The van der Waals surface area contributed by atoms with Crippen LogP contribution in [0.2, 0.25) is 0 Å². The minimum Gasteiger partial charge on any atom is -0.454 e. The first-order valence-corrected chi connectivity index (χ1v) is 7.86. The topological polar surface area (TPSA) is 67.9 Å². The van der Waals surface area contributed by atoms with Gasteiger partial charge in [0.25, 0.3) is 5.91 Å². The maximum Gasteiger partial charge on any atom is 0.325 e. The Morgan fingerprint density at radius 2 is 1.85 bits per heavy atom. The number of fused-ring (bicyclic) bond motifs is 1. The molecule has 26 heavy (non-hydrogen) atoms. The molecule has 2 aliphatic heterocycles. The van der Waals surface area contributed by atoms with Crippen molar-refractivity contribution in [3.8, 4) is 11.5 Å². The Labute approximate surface area is 147 Å². The van der Waals surface area contributed by atoms with Gasteiger partial charge in [0.2, 0.25) is 6.79 Å². The molecule has 3 amide bonds. The highest BCUT2D eigenvalue weighted by molar-refractivity contribution is 6.07. The van der Waals surface area contributed by atoms with Crippen molar-refractivity contribution in [3.63, 3.8) is 0 Å². The molecule has 0 saturated carbocycles. The van der Waals surface area contributed by atoms with Crippen LogP contribution < -0.4 is 14.8 Å². The number of carbonyl (C=O) groups is 2. The van der Waals surface area contributed by atoms with Gasteiger partial charge in [0.1, 0.15) is 5.54 Å². The first kappa shape index (κ1) is 16.3. The van der Waals surface area contributed by atoms with Gasteiger partial charge in [-0.1, -0.05) is 12.1 Å². The second-order valence-electron chi connectivity index (χ2n) is 6.26. The van der Waals surface area contributed by atoms with Crippen LogP contribution in [-0.4, -0.2) is 23.6 Å². The number of imide groups is 1. The molecule has 1 N–H and O–H groups in total. The van der Waals surface area contributed by atoms with E-state index in [4.69, 9.17) is 9.47 Å². The highest BCUT2D eigenvalue weighted by Gasteiger charge is 2.49. The van der Waals surface area contributed by atoms with Crippen LogP contribution in [0.3, 0.4) is 0 Å². The zero-order valence-corrected chi connectivity index (χ0v) is 13.7. The van der Waals surface area contributed by atoms with Crippen LogP contribution in [0.25, 0.3) is 0 Å². The van der Waals surface area contributed by atoms with Gasteiger partial charge in [0, 0.05) is 0 Å². The fourth-order valence-electron chi connectivity index (χ4n) is 3.07. The molecule has 1 saturated heterocycles. The van der Waals surface area contributed by atoms with E-state index in [1.54, 1.807) is 18.2 Å². The molecule has 8 heteroatoms. The monoisotopic (exact) mass is 360 g/mol. The molecule has 2 heterocycles. The first-order chi connectivity index (χ1) is 12.4. The quantitative estimate of drug-likeness (QED) is 0.855. The van der Waals surface area contributed by atoms with Crippen LogP contribution in [0.1, 0.15) is 18.1 Å². The van der Waals surface area contributed by atoms with Gasteiger partial charge in [-0.3, -0.25) is 9.69 Å². The molecule has 0 aromatic heterocycles. The van der Waals surface area contributed by atoms with E-state index in [1.807, 2.05) is 0 Å². The highest BCUT2D eigenvalue weighted by atomic mass is 19.2. The molecule has 2 aliphatic rings. The molecule has 134 valence electrons. The number of hydrogen-bond acceptors (Lipinski definition) is 4. The molecule has 0 spiro atoms. The number of urea groups is 1. The molecule has 1 atom stereocenters. The standard InChI is InChI=1S/C18H14F2N2O4/c1-18(11-3-4-12(19)13(20)7-11)16(23)22(17(24)21-18)8-10-2-5-14-15(6-10)26-9-25-14/h2-7H,8-9H2,1H3,(H,21,24). The summed E-state index contributed by atoms with van der Waals surface area (Å²) in [5.41, 5.74) is -0.627. The van der Waals surface area contributed by atoms with E-state index in [2.05, 4.69) is 5.32 Å². The summed E-state index contributed by atoms with van der Waals surface area (Å²) >= 11 is 0. The summed E-state index contributed by atoms with van der Waals surface area (Å²) in [6, 6.07) is 7.62. The highest BCUT2D eigenvalue weighted by Crippen LogP contribution is 2.34. The molecule has 1 fully saturated rings. The maximum atomic E-state index is 13.6. The van der Waals surface area contributed by atoms with Crippen molar-refractivity contribution < 1.29 is 27.8 Å². The lowest BCUT2D eigenvalue weighted by atomic mass is 9.92. The Balaban J connectivity index is 1.61. The van der Waals surface area contributed by atoms with Crippen molar-refractivity contribution in [2.24, 2.45) is 0 Å². The van der Waals surface area contributed by atoms with E-state index >= 15 is 0 Å². The van der Waals surface area contributed by atoms with E-state index < -0.39 is 29.1 Å². The number of halogens is 2. The third-order valence-corrected chi connectivity index (χ3v) is 4.55. The molecule has 2 aromatic rings. The minimum absolute atomic E-state index is 0.0145. The van der Waals surface area contributed by atoms with Crippen LogP contribution in [0.15, 0.2) is 36.4 Å². The number of carbonyl (C=O) groups excluding carboxylic acids is 2. The van der Waals surface area contributed by atoms with Crippen LogP contribution in [0.4, 0.5) is 13.6 Å². The van der Waals surface area contributed by atoms with Crippen molar-refractivity contribution in [1.29, 1.82) is 0 Å². The number of ether oxygens (including phenoxy) is 2. The Morgan fingerprint density at radius 3 is 2.62 bits per heavy atom. The van der Waals surface area contributed by atoms with Crippen molar-refractivity contribution in [1.82, 2.24) is 10.2 Å². The zero-order chi connectivity index (χ0) is 18.5. The number of benzene rings is 2. The van der Waals surface area contributed by atoms with Gasteiger partial charge >= 0.3 is 6.03 Å². The summed E-state index contributed by atoms with van der Waals surface area (Å²) in [5.74, 6) is -1.52. The van der Waals surface area contributed by atoms with E-state index in [-0.39, 0.29) is 18.9 Å². The lowest BCUT2D eigenvalue weighted by Gasteiger charge is -2.22. The Morgan fingerprint density at radius 1 is 1.08 bits per heavy atom. The van der Waals surface area contributed by atoms with E-state index in [1.165, 1.54) is 13.0 Å². The Bertz CT molecular complexity index is 933. The summed E-state index contributed by atoms with van der Waals surface area (Å²) in [6.07, 6.45) is 0. The third-order valence-electron chi connectivity index (χ3n) is 4.55. The van der Waals surface area contributed by atoms with Crippen LogP contribution in [0, 0.1) is 11.6 Å². The van der Waals surface area contributed by atoms with Gasteiger partial charge in [0.15, 0.2) is 23.1 Å². The second kappa shape index (κ2) is 5.69. The van der Waals surface area contributed by atoms with Gasteiger partial charge in [-0.15, -0.1) is 0 Å². The average Bonchev–Trinajstić information content (AvgIpc) is 3.16. The fraction of sp³-hybridized carbons (Fsp3) is 0.222. The lowest BCUT2D eigenvalue weighted by Crippen LogP contribution is -2.41. The zero-order valence-electron chi connectivity index (χ0n) is 13.7. The summed E-state index contributed by atoms with van der Waals surface area (Å²) < 4.78 is 37.3. The predicted octanol–water partition coefficient (Wildman–Crippen LogP) is 2.66. The normalized spacial score (nSPS) is 21.3. The largest absolute Gasteiger partial charge is 0.454 e. The van der Waals surface area contributed by atoms with E-state index in [0.29, 0.717) is 17.1 Å². The lowest BCUT2D eigenvalue weighted by molar-refractivity contribution is -0.131. The second-order valence-corrected chi connectivity index (χ2v) is 6.26. The molecule has 0 bridgehead atoms. The molecule has 0 radical (unpaired) electrons. The predicted molar refractivity (Wildman–Crippen MR) is 85.4 cm³/mol. The number of nitrogens with zero attached hydrogens (tertiary/aromatic N) is 1. The summed E-state index contributed by atoms with van der Waals surface area (Å²) in [5, 5.41) is 2.56. The molecule has 1 unspecified atom stereocenters. The van der Waals surface area contributed by atoms with Crippen LogP contribution in [-0.2, 0) is 16.9 Å². The number of rotatable bonds is 3. The Kier molecular flexibility index (Phi) is 3.57. The summed E-state index contributed by atoms with van der Waals surface area (Å²) in [7, 11) is 0. The van der Waals surface area contributed by atoms with Gasteiger partial charge in [-0.05, 0) is 42.3 Å². The van der Waals surface area contributed by atoms with Crippen molar-refractivity contribution in [3.05, 3.63) is 59.2 Å². The number of nitrogens with one attached hydrogen (secondary N) is 1. The minimum atomic E-state index is -1.47. The number of amides is 3. The first-order valence-electron chi connectivity index (χ1n) is 7.86. The smallest absolute Gasteiger partial charge is 0.325 e. The molecule has 4 rings (SSSR count). The maximum absolute atomic E-state index is 13.6. The van der Waals surface area contributed by atoms with Gasteiger partial charge in [0.05, 0.1) is 6.54 Å². The molecular weight excluding hydrogens is 346 g/mol. The van der Waals surface area contributed by atoms with Gasteiger partial charge < -0.3 is 14.8 Å². The van der Waals surface area contributed by atoms with Crippen LogP contribution in [0.5, 0.6) is 11.5 Å². The molecule has 0 aliphatic carbocycles. The molecule has 6 nitrogen and oxygen atoms in total. The summed E-state index contributed by atoms with van der Waals surface area (Å²) in [4.78, 5) is 26.2. The third kappa shape index (κ3) is 2.45. The van der Waals surface area contributed by atoms with E-state index in [9.17, 15) is 18.4 Å². The molecular formula is C18H14F2N2O4. The number of hydrogen-bond donors (Lipinski definition) is 1. The van der Waals surface area contributed by atoms with Crippen molar-refractivity contribution in [2.75, 3.05) is 6.79 Å².